The Bertz CT molecular complexity index is 571. The number of aromatic nitrogens is 2. The van der Waals surface area contributed by atoms with Crippen LogP contribution in [0.5, 0.6) is 0 Å². The summed E-state index contributed by atoms with van der Waals surface area (Å²) in [6, 6.07) is 0. The van der Waals surface area contributed by atoms with Crippen molar-refractivity contribution in [3.05, 3.63) is 24.3 Å². The van der Waals surface area contributed by atoms with E-state index in [2.05, 4.69) is 9.97 Å². The second-order valence-corrected chi connectivity index (χ2v) is 6.22. The highest BCUT2D eigenvalue weighted by atomic mass is 16.5. The van der Waals surface area contributed by atoms with Crippen molar-refractivity contribution in [2.45, 2.75) is 25.4 Å². The first-order chi connectivity index (χ1) is 12.2. The molecule has 0 aromatic carbocycles. The second-order valence-electron chi connectivity index (χ2n) is 6.22. The van der Waals surface area contributed by atoms with Gasteiger partial charge >= 0.3 is 0 Å². The average molecular weight is 348 g/mol. The highest BCUT2D eigenvalue weighted by Crippen LogP contribution is 2.15. The van der Waals surface area contributed by atoms with E-state index >= 15 is 0 Å². The van der Waals surface area contributed by atoms with Crippen molar-refractivity contribution >= 4 is 11.8 Å². The largest absolute Gasteiger partial charge is 0.378 e. The van der Waals surface area contributed by atoms with E-state index < -0.39 is 0 Å². The van der Waals surface area contributed by atoms with Crippen LogP contribution in [0.3, 0.4) is 0 Å². The topological polar surface area (TPSA) is 84.9 Å². The number of nitrogens with zero attached hydrogens (tertiary/aromatic N) is 4. The number of rotatable bonds is 6. The Morgan fingerprint density at radius 3 is 2.76 bits per heavy atom. The molecule has 0 bridgehead atoms. The van der Waals surface area contributed by atoms with Crippen molar-refractivity contribution < 1.29 is 19.1 Å². The molecule has 0 saturated carbocycles. The molecule has 3 heterocycles. The minimum absolute atomic E-state index is 0.0270. The third-order valence-electron chi connectivity index (χ3n) is 4.48. The SMILES string of the molecule is O=C(CCN(CC1CCCO1)C(=O)c1cnccn1)N1CCOCC1. The predicted octanol–water partition coefficient (Wildman–Crippen LogP) is 0.347. The summed E-state index contributed by atoms with van der Waals surface area (Å²) in [5.41, 5.74) is 0.291. The number of amides is 2. The summed E-state index contributed by atoms with van der Waals surface area (Å²) in [7, 11) is 0. The van der Waals surface area contributed by atoms with E-state index in [1.54, 1.807) is 9.80 Å². The standard InChI is InChI=1S/C17H24N4O4/c22-16(20-7-10-24-11-8-20)3-6-21(13-14-2-1-9-25-14)17(23)15-12-18-4-5-19-15/h4-5,12,14H,1-3,6-11,13H2. The van der Waals surface area contributed by atoms with Crippen LogP contribution < -0.4 is 0 Å². The average Bonchev–Trinajstić information content (AvgIpc) is 3.19. The maximum absolute atomic E-state index is 12.7. The van der Waals surface area contributed by atoms with E-state index in [-0.39, 0.29) is 17.9 Å². The third kappa shape index (κ3) is 4.96. The Kier molecular flexibility index (Phi) is 6.30. The van der Waals surface area contributed by atoms with Crippen molar-refractivity contribution in [1.29, 1.82) is 0 Å². The van der Waals surface area contributed by atoms with Crippen LogP contribution in [0.2, 0.25) is 0 Å². The van der Waals surface area contributed by atoms with Gasteiger partial charge in [-0.3, -0.25) is 14.6 Å². The van der Waals surface area contributed by atoms with Gasteiger partial charge in [0.2, 0.25) is 5.91 Å². The molecule has 0 N–H and O–H groups in total. The molecule has 8 nitrogen and oxygen atoms in total. The lowest BCUT2D eigenvalue weighted by atomic mass is 10.2. The molecule has 0 spiro atoms. The fourth-order valence-corrected chi connectivity index (χ4v) is 3.08. The van der Waals surface area contributed by atoms with E-state index in [1.807, 2.05) is 0 Å². The molecule has 2 aliphatic heterocycles. The predicted molar refractivity (Wildman–Crippen MR) is 88.9 cm³/mol. The molecular weight excluding hydrogens is 324 g/mol. The Morgan fingerprint density at radius 1 is 1.24 bits per heavy atom. The summed E-state index contributed by atoms with van der Waals surface area (Å²) in [6.45, 7) is 3.93. The van der Waals surface area contributed by atoms with Crippen LogP contribution in [-0.4, -0.2) is 83.7 Å². The van der Waals surface area contributed by atoms with Crippen molar-refractivity contribution in [3.8, 4) is 0 Å². The molecule has 0 radical (unpaired) electrons. The number of hydrogen-bond donors (Lipinski definition) is 0. The normalized spacial score (nSPS) is 20.5. The van der Waals surface area contributed by atoms with E-state index in [0.717, 1.165) is 19.4 Å². The van der Waals surface area contributed by atoms with Gasteiger partial charge in [-0.05, 0) is 12.8 Å². The van der Waals surface area contributed by atoms with Gasteiger partial charge in [-0.25, -0.2) is 4.98 Å². The number of carbonyl (C=O) groups is 2. The number of ether oxygens (including phenoxy) is 2. The summed E-state index contributed by atoms with van der Waals surface area (Å²) in [5.74, 6) is -0.161. The minimum atomic E-state index is -0.210. The zero-order valence-electron chi connectivity index (χ0n) is 14.3. The lowest BCUT2D eigenvalue weighted by Crippen LogP contribution is -2.44. The van der Waals surface area contributed by atoms with Crippen LogP contribution in [-0.2, 0) is 14.3 Å². The minimum Gasteiger partial charge on any atom is -0.378 e. The fourth-order valence-electron chi connectivity index (χ4n) is 3.08. The van der Waals surface area contributed by atoms with E-state index in [4.69, 9.17) is 9.47 Å². The van der Waals surface area contributed by atoms with Gasteiger partial charge in [0.1, 0.15) is 5.69 Å². The fraction of sp³-hybridized carbons (Fsp3) is 0.647. The van der Waals surface area contributed by atoms with Gasteiger partial charge in [-0.15, -0.1) is 0 Å². The molecular formula is C17H24N4O4. The highest BCUT2D eigenvalue weighted by Gasteiger charge is 2.26. The van der Waals surface area contributed by atoms with Crippen LogP contribution >= 0.6 is 0 Å². The van der Waals surface area contributed by atoms with Crippen LogP contribution in [0, 0.1) is 0 Å². The molecule has 2 saturated heterocycles. The molecule has 1 atom stereocenters. The third-order valence-corrected chi connectivity index (χ3v) is 4.48. The smallest absolute Gasteiger partial charge is 0.274 e. The van der Waals surface area contributed by atoms with Gasteiger partial charge < -0.3 is 19.3 Å². The van der Waals surface area contributed by atoms with Crippen molar-refractivity contribution in [3.63, 3.8) is 0 Å². The summed E-state index contributed by atoms with van der Waals surface area (Å²) < 4.78 is 10.9. The van der Waals surface area contributed by atoms with Crippen LogP contribution in [0.25, 0.3) is 0 Å². The van der Waals surface area contributed by atoms with Crippen LogP contribution in [0.1, 0.15) is 29.8 Å². The number of hydrogen-bond acceptors (Lipinski definition) is 6. The molecule has 25 heavy (non-hydrogen) atoms. The first-order valence-corrected chi connectivity index (χ1v) is 8.76. The molecule has 136 valence electrons. The van der Waals surface area contributed by atoms with Gasteiger partial charge in [-0.2, -0.15) is 0 Å². The molecule has 0 aliphatic carbocycles. The maximum Gasteiger partial charge on any atom is 0.274 e. The Hall–Kier alpha value is -2.06. The Labute approximate surface area is 147 Å². The van der Waals surface area contributed by atoms with E-state index in [0.29, 0.717) is 51.5 Å². The van der Waals surface area contributed by atoms with Gasteiger partial charge in [0.15, 0.2) is 0 Å². The molecule has 2 amide bonds. The first-order valence-electron chi connectivity index (χ1n) is 8.76. The summed E-state index contributed by atoms with van der Waals surface area (Å²) in [5, 5.41) is 0. The summed E-state index contributed by atoms with van der Waals surface area (Å²) >= 11 is 0. The van der Waals surface area contributed by atoms with Crippen LogP contribution in [0.4, 0.5) is 0 Å². The maximum atomic E-state index is 12.7. The summed E-state index contributed by atoms with van der Waals surface area (Å²) in [4.78, 5) is 36.6. The first kappa shape index (κ1) is 17.8. The second kappa shape index (κ2) is 8.87. The van der Waals surface area contributed by atoms with Crippen LogP contribution in [0.15, 0.2) is 18.6 Å². The zero-order valence-corrected chi connectivity index (χ0v) is 14.3. The molecule has 1 aromatic heterocycles. The Morgan fingerprint density at radius 2 is 2.08 bits per heavy atom. The number of morpholine rings is 1. The highest BCUT2D eigenvalue weighted by molar-refractivity contribution is 5.92. The van der Waals surface area contributed by atoms with Gasteiger partial charge in [-0.1, -0.05) is 0 Å². The van der Waals surface area contributed by atoms with Crippen molar-refractivity contribution in [1.82, 2.24) is 19.8 Å². The van der Waals surface area contributed by atoms with E-state index in [9.17, 15) is 9.59 Å². The Balaban J connectivity index is 1.61. The monoisotopic (exact) mass is 348 g/mol. The lowest BCUT2D eigenvalue weighted by molar-refractivity contribution is -0.135. The van der Waals surface area contributed by atoms with Gasteiger partial charge in [0.05, 0.1) is 25.5 Å². The summed E-state index contributed by atoms with van der Waals surface area (Å²) in [6.07, 6.45) is 6.73. The lowest BCUT2D eigenvalue weighted by Gasteiger charge is -2.29. The quantitative estimate of drug-likeness (QED) is 0.737. The molecule has 1 aromatic rings. The zero-order chi connectivity index (χ0) is 17.5. The molecule has 2 fully saturated rings. The van der Waals surface area contributed by atoms with Crippen molar-refractivity contribution in [2.75, 3.05) is 46.0 Å². The van der Waals surface area contributed by atoms with E-state index in [1.165, 1.54) is 18.6 Å². The molecule has 1 unspecified atom stereocenters. The molecule has 8 heteroatoms. The molecule has 3 rings (SSSR count). The molecule has 2 aliphatic rings. The van der Waals surface area contributed by atoms with Gasteiger partial charge in [0, 0.05) is 51.6 Å². The van der Waals surface area contributed by atoms with Crippen molar-refractivity contribution in [2.24, 2.45) is 0 Å². The number of carbonyl (C=O) groups excluding carboxylic acids is 2. The van der Waals surface area contributed by atoms with Gasteiger partial charge in [0.25, 0.3) is 5.91 Å².